The SMILES string of the molecule is O=C(NC1CCCN(c2ccc3nnc(C(F)(F)F)n3n2)C1)c1cc2ccccc2o1. The van der Waals surface area contributed by atoms with Crippen LogP contribution in [0.1, 0.15) is 29.2 Å². The Labute approximate surface area is 173 Å². The van der Waals surface area contributed by atoms with Gasteiger partial charge in [-0.25, -0.2) is 0 Å². The molecule has 1 unspecified atom stereocenters. The summed E-state index contributed by atoms with van der Waals surface area (Å²) in [5.74, 6) is -0.918. The molecule has 1 atom stereocenters. The molecule has 5 rings (SSSR count). The number of hydrogen-bond donors (Lipinski definition) is 1. The summed E-state index contributed by atoms with van der Waals surface area (Å²) in [5, 5.41) is 14.6. The standard InChI is InChI=1S/C20H17F3N6O2/c21-20(22,23)19-26-25-16-7-8-17(27-29(16)19)28-9-3-5-13(11-28)24-18(30)15-10-12-4-1-2-6-14(12)31-15/h1-2,4,6-8,10,13H,3,5,9,11H2,(H,24,30). The van der Waals surface area contributed by atoms with Gasteiger partial charge in [0, 0.05) is 24.5 Å². The third kappa shape index (κ3) is 3.66. The zero-order valence-electron chi connectivity index (χ0n) is 16.1. The second-order valence-corrected chi connectivity index (χ2v) is 7.39. The molecule has 11 heteroatoms. The van der Waals surface area contributed by atoms with Gasteiger partial charge in [-0.15, -0.1) is 15.3 Å². The number of halogens is 3. The van der Waals surface area contributed by atoms with Gasteiger partial charge in [-0.2, -0.15) is 17.7 Å². The van der Waals surface area contributed by atoms with Crippen molar-refractivity contribution in [3.8, 4) is 0 Å². The summed E-state index contributed by atoms with van der Waals surface area (Å²) < 4.78 is 45.7. The summed E-state index contributed by atoms with van der Waals surface area (Å²) >= 11 is 0. The summed E-state index contributed by atoms with van der Waals surface area (Å²) in [6, 6.07) is 11.9. The molecule has 1 amide bonds. The molecule has 1 N–H and O–H groups in total. The molecule has 1 aliphatic heterocycles. The lowest BCUT2D eigenvalue weighted by atomic mass is 10.1. The Kier molecular flexibility index (Phi) is 4.53. The highest BCUT2D eigenvalue weighted by molar-refractivity contribution is 5.96. The Morgan fingerprint density at radius 3 is 2.81 bits per heavy atom. The minimum absolute atomic E-state index is 0.0165. The van der Waals surface area contributed by atoms with Gasteiger partial charge in [-0.3, -0.25) is 4.79 Å². The summed E-state index contributed by atoms with van der Waals surface area (Å²) in [4.78, 5) is 14.5. The van der Waals surface area contributed by atoms with Gasteiger partial charge in [0.15, 0.2) is 11.4 Å². The van der Waals surface area contributed by atoms with Crippen molar-refractivity contribution in [2.24, 2.45) is 0 Å². The Morgan fingerprint density at radius 1 is 1.16 bits per heavy atom. The van der Waals surface area contributed by atoms with E-state index in [2.05, 4.69) is 20.6 Å². The number of nitrogens with zero attached hydrogens (tertiary/aromatic N) is 5. The molecule has 3 aromatic heterocycles. The van der Waals surface area contributed by atoms with Crippen LogP contribution in [-0.4, -0.2) is 44.8 Å². The Hall–Kier alpha value is -3.63. The molecule has 160 valence electrons. The number of nitrogens with one attached hydrogen (secondary N) is 1. The third-order valence-electron chi connectivity index (χ3n) is 5.23. The largest absolute Gasteiger partial charge is 0.453 e. The molecule has 31 heavy (non-hydrogen) atoms. The topological polar surface area (TPSA) is 88.6 Å². The lowest BCUT2D eigenvalue weighted by Crippen LogP contribution is -2.48. The van der Waals surface area contributed by atoms with Gasteiger partial charge in [-0.1, -0.05) is 18.2 Å². The minimum Gasteiger partial charge on any atom is -0.451 e. The third-order valence-corrected chi connectivity index (χ3v) is 5.23. The number of carbonyl (C=O) groups excluding carboxylic acids is 1. The van der Waals surface area contributed by atoms with E-state index >= 15 is 0 Å². The van der Waals surface area contributed by atoms with Crippen LogP contribution < -0.4 is 10.2 Å². The molecule has 1 aliphatic rings. The van der Waals surface area contributed by atoms with Crippen LogP contribution in [-0.2, 0) is 6.18 Å². The molecule has 1 aromatic carbocycles. The number of amides is 1. The van der Waals surface area contributed by atoms with Crippen molar-refractivity contribution in [2.75, 3.05) is 18.0 Å². The first-order valence-electron chi connectivity index (χ1n) is 9.72. The molecule has 8 nitrogen and oxygen atoms in total. The van der Waals surface area contributed by atoms with Gasteiger partial charge >= 0.3 is 6.18 Å². The van der Waals surface area contributed by atoms with Crippen LogP contribution in [0.2, 0.25) is 0 Å². The Balaban J connectivity index is 1.33. The van der Waals surface area contributed by atoms with Gasteiger partial charge in [0.1, 0.15) is 11.4 Å². The highest BCUT2D eigenvalue weighted by atomic mass is 19.4. The average molecular weight is 430 g/mol. The predicted molar refractivity (Wildman–Crippen MR) is 105 cm³/mol. The van der Waals surface area contributed by atoms with Gasteiger partial charge in [-0.05, 0) is 37.1 Å². The van der Waals surface area contributed by atoms with Crippen molar-refractivity contribution in [3.05, 3.63) is 54.0 Å². The van der Waals surface area contributed by atoms with Gasteiger partial charge in [0.2, 0.25) is 0 Å². The number of rotatable bonds is 3. The number of piperidine rings is 1. The fourth-order valence-corrected chi connectivity index (χ4v) is 3.78. The zero-order chi connectivity index (χ0) is 21.6. The smallest absolute Gasteiger partial charge is 0.451 e. The molecule has 0 saturated carbocycles. The summed E-state index contributed by atoms with van der Waals surface area (Å²) in [7, 11) is 0. The Bertz CT molecular complexity index is 1230. The number of benzene rings is 1. The molecule has 0 radical (unpaired) electrons. The monoisotopic (exact) mass is 430 g/mol. The number of hydrogen-bond acceptors (Lipinski definition) is 6. The predicted octanol–water partition coefficient (Wildman–Crippen LogP) is 3.29. The lowest BCUT2D eigenvalue weighted by Gasteiger charge is -2.33. The minimum atomic E-state index is -4.66. The quantitative estimate of drug-likeness (QED) is 0.537. The summed E-state index contributed by atoms with van der Waals surface area (Å²) in [5.41, 5.74) is 0.646. The summed E-state index contributed by atoms with van der Waals surface area (Å²) in [6.45, 7) is 1.02. The van der Waals surface area contributed by atoms with Crippen molar-refractivity contribution in [2.45, 2.75) is 25.1 Å². The van der Waals surface area contributed by atoms with Crippen LogP contribution in [0, 0.1) is 0 Å². The van der Waals surface area contributed by atoms with Crippen LogP contribution in [0.3, 0.4) is 0 Å². The maximum atomic E-state index is 13.1. The van der Waals surface area contributed by atoms with Gasteiger partial charge in [0.25, 0.3) is 11.7 Å². The number of aromatic nitrogens is 4. The number of furan rings is 1. The van der Waals surface area contributed by atoms with Crippen molar-refractivity contribution < 1.29 is 22.4 Å². The second-order valence-electron chi connectivity index (χ2n) is 7.39. The molecular weight excluding hydrogens is 413 g/mol. The highest BCUT2D eigenvalue weighted by Gasteiger charge is 2.38. The van der Waals surface area contributed by atoms with Crippen molar-refractivity contribution in [1.29, 1.82) is 0 Å². The highest BCUT2D eigenvalue weighted by Crippen LogP contribution is 2.28. The van der Waals surface area contributed by atoms with Crippen molar-refractivity contribution in [3.63, 3.8) is 0 Å². The van der Waals surface area contributed by atoms with E-state index in [0.717, 1.165) is 18.2 Å². The van der Waals surface area contributed by atoms with Crippen molar-refractivity contribution in [1.82, 2.24) is 25.1 Å². The van der Waals surface area contributed by atoms with Crippen LogP contribution in [0.25, 0.3) is 16.6 Å². The summed E-state index contributed by atoms with van der Waals surface area (Å²) in [6.07, 6.45) is -3.17. The van der Waals surface area contributed by atoms with Crippen LogP contribution in [0.15, 0.2) is 46.9 Å². The first kappa shape index (κ1) is 19.3. The fraction of sp³-hybridized carbons (Fsp3) is 0.300. The number of fused-ring (bicyclic) bond motifs is 2. The van der Waals surface area contributed by atoms with E-state index in [-0.39, 0.29) is 23.4 Å². The van der Waals surface area contributed by atoms with E-state index in [9.17, 15) is 18.0 Å². The van der Waals surface area contributed by atoms with Crippen LogP contribution in [0.5, 0.6) is 0 Å². The average Bonchev–Trinajstić information content (AvgIpc) is 3.37. The van der Waals surface area contributed by atoms with Gasteiger partial charge in [0.05, 0.1) is 0 Å². The van der Waals surface area contributed by atoms with E-state index in [1.807, 2.05) is 23.1 Å². The van der Waals surface area contributed by atoms with E-state index in [0.29, 0.717) is 29.0 Å². The molecule has 0 bridgehead atoms. The van der Waals surface area contributed by atoms with E-state index in [1.165, 1.54) is 6.07 Å². The maximum Gasteiger partial charge on any atom is 0.453 e. The number of alkyl halides is 3. The Morgan fingerprint density at radius 2 is 2.00 bits per heavy atom. The van der Waals surface area contributed by atoms with E-state index in [4.69, 9.17) is 4.42 Å². The molecular formula is C20H17F3N6O2. The number of anilines is 1. The van der Waals surface area contributed by atoms with E-state index in [1.54, 1.807) is 18.2 Å². The molecule has 1 saturated heterocycles. The molecule has 1 fully saturated rings. The first-order chi connectivity index (χ1) is 14.9. The van der Waals surface area contributed by atoms with Crippen LogP contribution in [0.4, 0.5) is 19.0 Å². The molecule has 0 aliphatic carbocycles. The first-order valence-corrected chi connectivity index (χ1v) is 9.72. The van der Waals surface area contributed by atoms with Gasteiger partial charge < -0.3 is 14.6 Å². The molecule has 4 heterocycles. The fourth-order valence-electron chi connectivity index (χ4n) is 3.78. The maximum absolute atomic E-state index is 13.1. The number of para-hydroxylation sites is 1. The normalized spacial score (nSPS) is 17.4. The van der Waals surface area contributed by atoms with Crippen LogP contribution >= 0.6 is 0 Å². The second kappa shape index (κ2) is 7.25. The van der Waals surface area contributed by atoms with Crippen molar-refractivity contribution >= 4 is 28.3 Å². The van der Waals surface area contributed by atoms with E-state index < -0.39 is 12.0 Å². The number of carbonyl (C=O) groups is 1. The zero-order valence-corrected chi connectivity index (χ0v) is 16.1. The lowest BCUT2D eigenvalue weighted by molar-refractivity contribution is -0.146. The molecule has 0 spiro atoms. The molecule has 4 aromatic rings.